The third kappa shape index (κ3) is 6.70. The predicted molar refractivity (Wildman–Crippen MR) is 152 cm³/mol. The summed E-state index contributed by atoms with van der Waals surface area (Å²) in [5.74, 6) is 1.96. The highest BCUT2D eigenvalue weighted by molar-refractivity contribution is 7.98. The van der Waals surface area contributed by atoms with Crippen LogP contribution in [0.15, 0.2) is 69.0 Å². The maximum Gasteiger partial charge on any atom is 0.182 e. The maximum atomic E-state index is 6.22. The van der Waals surface area contributed by atoms with E-state index in [2.05, 4.69) is 52.7 Å². The number of benzene rings is 2. The molecule has 2 N–H and O–H groups in total. The number of hydrogen-bond donors (Lipinski definition) is 1. The van der Waals surface area contributed by atoms with E-state index in [-0.39, 0.29) is 0 Å². The molecule has 190 valence electrons. The minimum Gasteiger partial charge on any atom is -0.491 e. The highest BCUT2D eigenvalue weighted by Gasteiger charge is 2.14. The van der Waals surface area contributed by atoms with E-state index in [1.807, 2.05) is 46.8 Å². The van der Waals surface area contributed by atoms with Crippen molar-refractivity contribution in [2.24, 2.45) is 10.1 Å². The molecule has 0 amide bonds. The molecule has 6 heteroatoms. The zero-order chi connectivity index (χ0) is 26.2. The summed E-state index contributed by atoms with van der Waals surface area (Å²) in [6.45, 7) is 12.6. The molecule has 0 bridgehead atoms. The zero-order valence-corrected chi connectivity index (χ0v) is 23.3. The van der Waals surface area contributed by atoms with Crippen molar-refractivity contribution in [1.82, 2.24) is 4.98 Å². The summed E-state index contributed by atoms with van der Waals surface area (Å²) in [4.78, 5) is 5.55. The molecule has 0 aliphatic rings. The van der Waals surface area contributed by atoms with Crippen LogP contribution in [0.1, 0.15) is 56.6 Å². The van der Waals surface area contributed by atoms with Crippen LogP contribution in [0, 0.1) is 13.8 Å². The Balaban J connectivity index is 1.91. The number of allylic oxidation sites excluding steroid dienone is 1. The first-order valence-electron chi connectivity index (χ1n) is 12.3. The lowest BCUT2D eigenvalue weighted by atomic mass is 9.95. The molecule has 3 rings (SSSR count). The minimum atomic E-state index is 0.454. The normalized spacial score (nSPS) is 11.4. The van der Waals surface area contributed by atoms with Crippen LogP contribution in [-0.2, 0) is 13.0 Å². The van der Waals surface area contributed by atoms with Gasteiger partial charge in [-0.2, -0.15) is 4.40 Å². The Hall–Kier alpha value is -3.25. The van der Waals surface area contributed by atoms with Gasteiger partial charge in [0, 0.05) is 28.6 Å². The standard InChI is InChI=1S/C30H37N3O2S/c1-8-11-24-17-23(18-35-27-16-20(4)32-22(6)29(27)34-7)14-15-25(24)26-12-9-10-13-28(26)36-33-30(31)21(5)19(2)3/h9-10,12-17H,8,11,18H2,1-7H3,(H2,31,33). The van der Waals surface area contributed by atoms with Crippen molar-refractivity contribution in [3.8, 4) is 22.6 Å². The summed E-state index contributed by atoms with van der Waals surface area (Å²) in [7, 11) is 1.65. The first-order chi connectivity index (χ1) is 17.2. The molecule has 0 atom stereocenters. The van der Waals surface area contributed by atoms with E-state index in [4.69, 9.17) is 15.2 Å². The molecular formula is C30H37N3O2S. The number of rotatable bonds is 10. The molecule has 0 aliphatic heterocycles. The molecule has 36 heavy (non-hydrogen) atoms. The van der Waals surface area contributed by atoms with E-state index in [1.54, 1.807) is 7.11 Å². The fourth-order valence-electron chi connectivity index (χ4n) is 3.97. The molecular weight excluding hydrogens is 466 g/mol. The van der Waals surface area contributed by atoms with E-state index in [0.717, 1.165) is 45.8 Å². The first kappa shape index (κ1) is 27.3. The maximum absolute atomic E-state index is 6.22. The quantitative estimate of drug-likeness (QED) is 0.175. The van der Waals surface area contributed by atoms with Gasteiger partial charge < -0.3 is 15.2 Å². The second-order valence-corrected chi connectivity index (χ2v) is 9.90. The van der Waals surface area contributed by atoms with Crippen LogP contribution in [0.3, 0.4) is 0 Å². The Morgan fingerprint density at radius 1 is 1.03 bits per heavy atom. The van der Waals surface area contributed by atoms with Crippen molar-refractivity contribution in [3.05, 3.63) is 82.2 Å². The Bertz CT molecular complexity index is 1280. The van der Waals surface area contributed by atoms with Gasteiger partial charge in [-0.25, -0.2) is 0 Å². The third-order valence-electron chi connectivity index (χ3n) is 6.08. The van der Waals surface area contributed by atoms with Gasteiger partial charge in [0.1, 0.15) is 12.4 Å². The van der Waals surface area contributed by atoms with Gasteiger partial charge >= 0.3 is 0 Å². The molecule has 0 saturated carbocycles. The lowest BCUT2D eigenvalue weighted by Crippen LogP contribution is -2.13. The fraction of sp³-hybridized carbons (Fsp3) is 0.333. The van der Waals surface area contributed by atoms with Crippen LogP contribution in [0.5, 0.6) is 11.5 Å². The van der Waals surface area contributed by atoms with Crippen LogP contribution in [0.2, 0.25) is 0 Å². The summed E-state index contributed by atoms with van der Waals surface area (Å²) < 4.78 is 16.3. The SMILES string of the molecule is CCCc1cc(COc2cc(C)nc(C)c2OC)ccc1-c1ccccc1S/N=C(\N)C(C)=C(C)C. The van der Waals surface area contributed by atoms with Gasteiger partial charge in [-0.15, -0.1) is 0 Å². The van der Waals surface area contributed by atoms with Crippen LogP contribution >= 0.6 is 11.9 Å². The third-order valence-corrected chi connectivity index (χ3v) is 6.92. The summed E-state index contributed by atoms with van der Waals surface area (Å²) in [5.41, 5.74) is 14.9. The number of methoxy groups -OCH3 is 1. The lowest BCUT2D eigenvalue weighted by Gasteiger charge is -2.16. The van der Waals surface area contributed by atoms with E-state index in [0.29, 0.717) is 23.9 Å². The fourth-order valence-corrected chi connectivity index (χ4v) is 4.71. The van der Waals surface area contributed by atoms with Gasteiger partial charge in [0.15, 0.2) is 11.5 Å². The van der Waals surface area contributed by atoms with E-state index < -0.39 is 0 Å². The minimum absolute atomic E-state index is 0.454. The van der Waals surface area contributed by atoms with E-state index in [1.165, 1.54) is 28.6 Å². The molecule has 5 nitrogen and oxygen atoms in total. The number of aromatic nitrogens is 1. The molecule has 0 unspecified atom stereocenters. The lowest BCUT2D eigenvalue weighted by molar-refractivity contribution is 0.282. The average molecular weight is 504 g/mol. The number of amidine groups is 1. The van der Waals surface area contributed by atoms with Gasteiger partial charge in [0.05, 0.1) is 12.8 Å². The summed E-state index contributed by atoms with van der Waals surface area (Å²) in [6.07, 6.45) is 2.02. The Morgan fingerprint density at radius 2 is 1.78 bits per heavy atom. The molecule has 0 fully saturated rings. The van der Waals surface area contributed by atoms with Gasteiger partial charge in [0.2, 0.25) is 0 Å². The molecule has 0 radical (unpaired) electrons. The van der Waals surface area contributed by atoms with E-state index in [9.17, 15) is 0 Å². The largest absolute Gasteiger partial charge is 0.491 e. The van der Waals surface area contributed by atoms with E-state index >= 15 is 0 Å². The molecule has 1 heterocycles. The summed E-state index contributed by atoms with van der Waals surface area (Å²) in [5, 5.41) is 0. The van der Waals surface area contributed by atoms with Gasteiger partial charge in [-0.05, 0) is 74.9 Å². The van der Waals surface area contributed by atoms with Crippen LogP contribution in [-0.4, -0.2) is 17.9 Å². The molecule has 0 spiro atoms. The highest BCUT2D eigenvalue weighted by Crippen LogP contribution is 2.36. The van der Waals surface area contributed by atoms with Crippen molar-refractivity contribution < 1.29 is 9.47 Å². The van der Waals surface area contributed by atoms with Crippen molar-refractivity contribution in [1.29, 1.82) is 0 Å². The molecule has 3 aromatic rings. The molecule has 0 aliphatic carbocycles. The van der Waals surface area contributed by atoms with Crippen molar-refractivity contribution in [3.63, 3.8) is 0 Å². The second-order valence-electron chi connectivity index (χ2n) is 9.10. The number of ether oxygens (including phenoxy) is 2. The number of nitrogens with zero attached hydrogens (tertiary/aromatic N) is 2. The molecule has 2 aromatic carbocycles. The van der Waals surface area contributed by atoms with Crippen LogP contribution in [0.4, 0.5) is 0 Å². The van der Waals surface area contributed by atoms with Crippen molar-refractivity contribution >= 4 is 17.8 Å². The topological polar surface area (TPSA) is 69.7 Å². The predicted octanol–water partition coefficient (Wildman–Crippen LogP) is 7.63. The number of pyridine rings is 1. The number of hydrogen-bond acceptors (Lipinski definition) is 5. The molecule has 0 saturated heterocycles. The van der Waals surface area contributed by atoms with Crippen molar-refractivity contribution in [2.45, 2.75) is 65.9 Å². The number of nitrogens with two attached hydrogens (primary N) is 1. The average Bonchev–Trinajstić information content (AvgIpc) is 2.85. The summed E-state index contributed by atoms with van der Waals surface area (Å²) >= 11 is 1.43. The first-order valence-corrected chi connectivity index (χ1v) is 13.0. The van der Waals surface area contributed by atoms with Gasteiger partial charge in [0.25, 0.3) is 0 Å². The Labute approximate surface area is 220 Å². The second kappa shape index (κ2) is 12.6. The Kier molecular flexibility index (Phi) is 9.59. The van der Waals surface area contributed by atoms with Gasteiger partial charge in [-0.3, -0.25) is 4.98 Å². The van der Waals surface area contributed by atoms with Crippen LogP contribution < -0.4 is 15.2 Å². The Morgan fingerprint density at radius 3 is 2.47 bits per heavy atom. The number of aryl methyl sites for hydroxylation is 3. The van der Waals surface area contributed by atoms with Gasteiger partial charge in [-0.1, -0.05) is 55.3 Å². The molecule has 1 aromatic heterocycles. The highest BCUT2D eigenvalue weighted by atomic mass is 32.2. The summed E-state index contributed by atoms with van der Waals surface area (Å²) in [6, 6.07) is 16.9. The monoisotopic (exact) mass is 503 g/mol. The van der Waals surface area contributed by atoms with Crippen molar-refractivity contribution in [2.75, 3.05) is 7.11 Å². The van der Waals surface area contributed by atoms with Crippen LogP contribution in [0.25, 0.3) is 11.1 Å². The smallest absolute Gasteiger partial charge is 0.182 e. The zero-order valence-electron chi connectivity index (χ0n) is 22.4.